The number of pyridine rings is 1. The van der Waals surface area contributed by atoms with Gasteiger partial charge in [-0.05, 0) is 31.9 Å². The molecule has 1 aliphatic rings. The molecule has 0 radical (unpaired) electrons. The largest absolute Gasteiger partial charge is 0.480 e. The van der Waals surface area contributed by atoms with Gasteiger partial charge >= 0.3 is 5.69 Å². The zero-order chi connectivity index (χ0) is 24.4. The molecule has 0 spiro atoms. The lowest BCUT2D eigenvalue weighted by atomic mass is 10.1. The van der Waals surface area contributed by atoms with Gasteiger partial charge in [-0.25, -0.2) is 9.78 Å². The van der Waals surface area contributed by atoms with Crippen molar-refractivity contribution in [3.8, 4) is 23.8 Å². The van der Waals surface area contributed by atoms with Crippen molar-refractivity contribution in [3.05, 3.63) is 44.2 Å². The van der Waals surface area contributed by atoms with E-state index >= 15 is 0 Å². The van der Waals surface area contributed by atoms with Gasteiger partial charge in [-0.3, -0.25) is 18.5 Å². The summed E-state index contributed by atoms with van der Waals surface area (Å²) in [4.78, 5) is 37.8. The van der Waals surface area contributed by atoms with Gasteiger partial charge in [0.25, 0.3) is 5.56 Å². The first-order chi connectivity index (χ1) is 16.4. The molecule has 11 nitrogen and oxygen atoms in total. The molecule has 0 saturated carbocycles. The quantitative estimate of drug-likeness (QED) is 0.530. The van der Waals surface area contributed by atoms with Gasteiger partial charge in [0.05, 0.1) is 25.9 Å². The van der Waals surface area contributed by atoms with Gasteiger partial charge < -0.3 is 15.4 Å². The summed E-state index contributed by atoms with van der Waals surface area (Å²) >= 11 is 0. The summed E-state index contributed by atoms with van der Waals surface area (Å²) in [6.45, 7) is 3.27. The number of nitriles is 1. The first-order valence-electron chi connectivity index (χ1n) is 10.9. The van der Waals surface area contributed by atoms with Crippen LogP contribution in [0.3, 0.4) is 0 Å². The van der Waals surface area contributed by atoms with E-state index in [2.05, 4.69) is 21.8 Å². The van der Waals surface area contributed by atoms with Crippen LogP contribution in [0.15, 0.2) is 21.7 Å². The van der Waals surface area contributed by atoms with Gasteiger partial charge in [-0.15, -0.1) is 5.92 Å². The lowest BCUT2D eigenvalue weighted by Crippen LogP contribution is -2.44. The van der Waals surface area contributed by atoms with Gasteiger partial charge in [0, 0.05) is 26.2 Å². The summed E-state index contributed by atoms with van der Waals surface area (Å²) in [5, 5.41) is 9.19. The second-order valence-corrected chi connectivity index (χ2v) is 8.15. The van der Waals surface area contributed by atoms with Crippen LogP contribution < -0.4 is 26.6 Å². The molecule has 1 fully saturated rings. The molecular formula is C23H26N8O3. The number of imidazole rings is 1. The Kier molecular flexibility index (Phi) is 6.39. The second kappa shape index (κ2) is 9.41. The Hall–Kier alpha value is -4.09. The molecule has 11 heteroatoms. The van der Waals surface area contributed by atoms with Crippen LogP contribution >= 0.6 is 0 Å². The summed E-state index contributed by atoms with van der Waals surface area (Å²) in [5.41, 5.74) is 6.44. The fraction of sp³-hybridized carbons (Fsp3) is 0.435. The molecule has 3 aromatic heterocycles. The zero-order valence-corrected chi connectivity index (χ0v) is 19.4. The fourth-order valence-electron chi connectivity index (χ4n) is 4.21. The molecule has 34 heavy (non-hydrogen) atoms. The number of methoxy groups -OCH3 is 1. The third kappa shape index (κ3) is 4.02. The summed E-state index contributed by atoms with van der Waals surface area (Å²) in [7, 11) is 2.99. The van der Waals surface area contributed by atoms with E-state index in [4.69, 9.17) is 10.5 Å². The van der Waals surface area contributed by atoms with Crippen molar-refractivity contribution in [2.24, 2.45) is 12.8 Å². The van der Waals surface area contributed by atoms with E-state index in [0.717, 1.165) is 24.0 Å². The minimum atomic E-state index is -0.518. The number of fused-ring (bicyclic) bond motifs is 1. The Morgan fingerprint density at radius 1 is 1.26 bits per heavy atom. The summed E-state index contributed by atoms with van der Waals surface area (Å²) in [6, 6.07) is 5.15. The molecule has 0 bridgehead atoms. The SMILES string of the molecule is CC#CCn1c(N2CCCC(N)C2)nc2c1c(=O)n(Cc1ccc(C#N)c(OC)n1)c(=O)n2C. The third-order valence-electron chi connectivity index (χ3n) is 5.92. The number of aromatic nitrogens is 5. The van der Waals surface area contributed by atoms with Crippen molar-refractivity contribution in [2.45, 2.75) is 38.9 Å². The van der Waals surface area contributed by atoms with Gasteiger partial charge in [-0.2, -0.15) is 10.2 Å². The molecule has 2 N–H and O–H groups in total. The van der Waals surface area contributed by atoms with Gasteiger partial charge in [0.15, 0.2) is 11.2 Å². The van der Waals surface area contributed by atoms with Crippen molar-refractivity contribution >= 4 is 17.1 Å². The Balaban J connectivity index is 1.90. The molecule has 1 unspecified atom stereocenters. The highest BCUT2D eigenvalue weighted by Crippen LogP contribution is 2.23. The molecular weight excluding hydrogens is 436 g/mol. The molecule has 1 aliphatic heterocycles. The number of nitrogens with two attached hydrogens (primary N) is 1. The topological polar surface area (TPSA) is 137 Å². The van der Waals surface area contributed by atoms with Crippen LogP contribution in [0, 0.1) is 23.2 Å². The van der Waals surface area contributed by atoms with Crippen LogP contribution in [0.5, 0.6) is 5.88 Å². The van der Waals surface area contributed by atoms with Crippen LogP contribution in [0.4, 0.5) is 5.95 Å². The predicted molar refractivity (Wildman–Crippen MR) is 127 cm³/mol. The minimum absolute atomic E-state index is 0.0113. The highest BCUT2D eigenvalue weighted by molar-refractivity contribution is 5.75. The molecule has 176 valence electrons. The summed E-state index contributed by atoms with van der Waals surface area (Å²) in [5.74, 6) is 6.59. The van der Waals surface area contributed by atoms with Gasteiger partial charge in [0.1, 0.15) is 11.6 Å². The van der Waals surface area contributed by atoms with E-state index in [1.54, 1.807) is 30.7 Å². The fourth-order valence-corrected chi connectivity index (χ4v) is 4.21. The summed E-state index contributed by atoms with van der Waals surface area (Å²) < 4.78 is 9.39. The predicted octanol–water partition coefficient (Wildman–Crippen LogP) is 0.171. The third-order valence-corrected chi connectivity index (χ3v) is 5.92. The Bertz CT molecular complexity index is 1460. The highest BCUT2D eigenvalue weighted by Gasteiger charge is 2.26. The highest BCUT2D eigenvalue weighted by atomic mass is 16.5. The van der Waals surface area contributed by atoms with E-state index < -0.39 is 11.2 Å². The lowest BCUT2D eigenvalue weighted by molar-refractivity contribution is 0.394. The maximum Gasteiger partial charge on any atom is 0.332 e. The smallest absolute Gasteiger partial charge is 0.332 e. The van der Waals surface area contributed by atoms with Gasteiger partial charge in [-0.1, -0.05) is 5.92 Å². The number of hydrogen-bond acceptors (Lipinski definition) is 8. The first-order valence-corrected chi connectivity index (χ1v) is 10.9. The zero-order valence-electron chi connectivity index (χ0n) is 19.4. The van der Waals surface area contributed by atoms with E-state index in [0.29, 0.717) is 29.4 Å². The molecule has 0 aromatic carbocycles. The molecule has 0 amide bonds. The molecule has 0 aliphatic carbocycles. The van der Waals surface area contributed by atoms with Crippen LogP contribution in [0.1, 0.15) is 31.0 Å². The normalized spacial score (nSPS) is 15.6. The number of anilines is 1. The number of aryl methyl sites for hydroxylation is 1. The average molecular weight is 463 g/mol. The maximum absolute atomic E-state index is 13.6. The van der Waals surface area contributed by atoms with Crippen LogP contribution in [0.25, 0.3) is 11.2 Å². The van der Waals surface area contributed by atoms with Crippen molar-refractivity contribution in [1.29, 1.82) is 5.26 Å². The van der Waals surface area contributed by atoms with Crippen LogP contribution in [0.2, 0.25) is 0 Å². The van der Waals surface area contributed by atoms with Crippen molar-refractivity contribution in [3.63, 3.8) is 0 Å². The van der Waals surface area contributed by atoms with Crippen LogP contribution in [-0.2, 0) is 20.1 Å². The number of rotatable bonds is 5. The van der Waals surface area contributed by atoms with Gasteiger partial charge in [0.2, 0.25) is 11.8 Å². The first kappa shape index (κ1) is 23.1. The molecule has 1 atom stereocenters. The Labute approximate surface area is 196 Å². The monoisotopic (exact) mass is 462 g/mol. The Morgan fingerprint density at radius 3 is 2.74 bits per heavy atom. The molecule has 4 rings (SSSR count). The molecule has 1 saturated heterocycles. The number of nitrogens with zero attached hydrogens (tertiary/aromatic N) is 7. The molecule has 3 aromatic rings. The maximum atomic E-state index is 13.6. The van der Waals surface area contributed by atoms with Crippen LogP contribution in [-0.4, -0.2) is 49.9 Å². The second-order valence-electron chi connectivity index (χ2n) is 8.15. The number of hydrogen-bond donors (Lipinski definition) is 1. The van der Waals surface area contributed by atoms with Crippen molar-refractivity contribution in [1.82, 2.24) is 23.7 Å². The minimum Gasteiger partial charge on any atom is -0.480 e. The average Bonchev–Trinajstić information content (AvgIpc) is 3.23. The standard InChI is InChI=1S/C23H26N8O3/c1-4-5-11-30-18-19(27-22(30)29-10-6-7-16(25)13-29)28(2)23(33)31(21(18)32)14-17-9-8-15(12-24)20(26-17)34-3/h8-9,16H,6-7,10-11,13-14,25H2,1-3H3. The lowest BCUT2D eigenvalue weighted by Gasteiger charge is -2.31. The van der Waals surface area contributed by atoms with Crippen molar-refractivity contribution < 1.29 is 4.74 Å². The Morgan fingerprint density at radius 2 is 2.06 bits per heavy atom. The molecule has 4 heterocycles. The van der Waals surface area contributed by atoms with E-state index in [-0.39, 0.29) is 30.6 Å². The van der Waals surface area contributed by atoms with E-state index in [1.165, 1.54) is 11.7 Å². The number of ether oxygens (including phenoxy) is 1. The van der Waals surface area contributed by atoms with E-state index in [9.17, 15) is 14.9 Å². The van der Waals surface area contributed by atoms with E-state index in [1.807, 2.05) is 11.0 Å². The van der Waals surface area contributed by atoms with Crippen molar-refractivity contribution in [2.75, 3.05) is 25.1 Å². The summed E-state index contributed by atoms with van der Waals surface area (Å²) in [6.07, 6.45) is 1.84. The number of piperidine rings is 1.